The molecule has 0 spiro atoms. The summed E-state index contributed by atoms with van der Waals surface area (Å²) in [6.45, 7) is 0.337. The van der Waals surface area contributed by atoms with E-state index in [1.807, 2.05) is 54.6 Å². The summed E-state index contributed by atoms with van der Waals surface area (Å²) < 4.78 is 33.1. The Morgan fingerprint density at radius 1 is 0.955 bits per heavy atom. The molecule has 1 saturated carbocycles. The van der Waals surface area contributed by atoms with Crippen molar-refractivity contribution in [3.05, 3.63) is 94.5 Å². The molecule has 1 N–H and O–H groups in total. The molecule has 0 radical (unpaired) electrons. The molecule has 236 valence electrons. The largest absolute Gasteiger partial charge is 0.495 e. The molecule has 1 atom stereocenters. The van der Waals surface area contributed by atoms with Gasteiger partial charge in [-0.25, -0.2) is 8.42 Å². The minimum Gasteiger partial charge on any atom is -0.495 e. The van der Waals surface area contributed by atoms with Gasteiger partial charge < -0.3 is 15.0 Å². The van der Waals surface area contributed by atoms with Crippen molar-refractivity contribution in [2.45, 2.75) is 70.0 Å². The molecule has 0 saturated heterocycles. The van der Waals surface area contributed by atoms with Crippen LogP contribution in [0.4, 0.5) is 5.69 Å². The molecule has 1 aliphatic carbocycles. The third-order valence-electron chi connectivity index (χ3n) is 7.97. The number of hydrogen-bond donors (Lipinski definition) is 1. The van der Waals surface area contributed by atoms with Gasteiger partial charge in [0.2, 0.25) is 21.8 Å². The topological polar surface area (TPSA) is 96.0 Å². The Morgan fingerprint density at radius 3 is 2.32 bits per heavy atom. The van der Waals surface area contributed by atoms with Crippen LogP contribution >= 0.6 is 15.9 Å². The molecule has 10 heteroatoms. The number of carbonyl (C=O) groups excluding carboxylic acids is 2. The number of nitrogens with one attached hydrogen (secondary N) is 1. The highest BCUT2D eigenvalue weighted by atomic mass is 79.9. The lowest BCUT2D eigenvalue weighted by molar-refractivity contribution is -0.141. The quantitative estimate of drug-likeness (QED) is 0.222. The van der Waals surface area contributed by atoms with Crippen LogP contribution in [0, 0.1) is 0 Å². The van der Waals surface area contributed by atoms with E-state index >= 15 is 0 Å². The zero-order valence-electron chi connectivity index (χ0n) is 25.5. The van der Waals surface area contributed by atoms with Gasteiger partial charge >= 0.3 is 0 Å². The Hall–Kier alpha value is -3.37. The van der Waals surface area contributed by atoms with Crippen LogP contribution in [0.2, 0.25) is 0 Å². The van der Waals surface area contributed by atoms with E-state index in [1.54, 1.807) is 29.2 Å². The van der Waals surface area contributed by atoms with Crippen molar-refractivity contribution in [3.8, 4) is 5.75 Å². The monoisotopic (exact) mass is 683 g/mol. The van der Waals surface area contributed by atoms with Gasteiger partial charge in [0, 0.05) is 36.4 Å². The molecule has 8 nitrogen and oxygen atoms in total. The SMILES string of the molecule is COc1ccccc1N(CCCC(=O)N(Cc1cccc(Br)c1)[C@@H](Cc1ccccc1)C(=O)NC1CCCCC1)S(C)(=O)=O. The Morgan fingerprint density at radius 2 is 1.64 bits per heavy atom. The smallest absolute Gasteiger partial charge is 0.243 e. The van der Waals surface area contributed by atoms with E-state index in [0.29, 0.717) is 17.9 Å². The third-order valence-corrected chi connectivity index (χ3v) is 9.64. The van der Waals surface area contributed by atoms with E-state index in [9.17, 15) is 18.0 Å². The first-order valence-corrected chi connectivity index (χ1v) is 17.8. The number of anilines is 1. The second-order valence-electron chi connectivity index (χ2n) is 11.3. The number of hydrogen-bond acceptors (Lipinski definition) is 5. The molecule has 3 aromatic rings. The fourth-order valence-corrected chi connectivity index (χ4v) is 7.16. The second-order valence-corrected chi connectivity index (χ2v) is 14.1. The first kappa shape index (κ1) is 33.5. The predicted molar refractivity (Wildman–Crippen MR) is 178 cm³/mol. The van der Waals surface area contributed by atoms with Crippen LogP contribution < -0.4 is 14.4 Å². The number of rotatable bonds is 14. The highest BCUT2D eigenvalue weighted by Gasteiger charge is 2.32. The average molecular weight is 685 g/mol. The van der Waals surface area contributed by atoms with Crippen LogP contribution in [-0.2, 0) is 32.6 Å². The first-order valence-electron chi connectivity index (χ1n) is 15.1. The molecule has 1 fully saturated rings. The Balaban J connectivity index is 1.60. The van der Waals surface area contributed by atoms with Gasteiger partial charge in [-0.15, -0.1) is 0 Å². The lowest BCUT2D eigenvalue weighted by Crippen LogP contribution is -2.52. The van der Waals surface area contributed by atoms with Crippen LogP contribution in [0.1, 0.15) is 56.1 Å². The second kappa shape index (κ2) is 16.1. The summed E-state index contributed by atoms with van der Waals surface area (Å²) in [5.74, 6) is 0.0666. The van der Waals surface area contributed by atoms with E-state index in [-0.39, 0.29) is 43.8 Å². The van der Waals surface area contributed by atoms with Crippen molar-refractivity contribution < 1.29 is 22.7 Å². The molecule has 44 heavy (non-hydrogen) atoms. The molecule has 0 unspecified atom stereocenters. The van der Waals surface area contributed by atoms with Crippen molar-refractivity contribution in [2.75, 3.05) is 24.2 Å². The molecule has 1 aliphatic rings. The number of para-hydroxylation sites is 2. The highest BCUT2D eigenvalue weighted by Crippen LogP contribution is 2.30. The Bertz CT molecular complexity index is 1500. The minimum atomic E-state index is -3.65. The Labute approximate surface area is 270 Å². The number of nitrogens with zero attached hydrogens (tertiary/aromatic N) is 2. The van der Waals surface area contributed by atoms with E-state index < -0.39 is 16.1 Å². The fourth-order valence-electron chi connectivity index (χ4n) is 5.75. The number of sulfonamides is 1. The molecule has 2 amide bonds. The minimum absolute atomic E-state index is 0.0666. The van der Waals surface area contributed by atoms with E-state index in [1.165, 1.54) is 17.8 Å². The summed E-state index contributed by atoms with van der Waals surface area (Å²) in [4.78, 5) is 29.7. The van der Waals surface area contributed by atoms with Crippen molar-refractivity contribution in [1.82, 2.24) is 10.2 Å². The molecule has 0 aromatic heterocycles. The molecular weight excluding hydrogens is 642 g/mol. The summed E-state index contributed by atoms with van der Waals surface area (Å²) >= 11 is 3.53. The molecule has 4 rings (SSSR count). The van der Waals surface area contributed by atoms with Gasteiger partial charge in [-0.2, -0.15) is 0 Å². The van der Waals surface area contributed by atoms with Gasteiger partial charge in [0.05, 0.1) is 19.1 Å². The third kappa shape index (κ3) is 9.56. The summed E-state index contributed by atoms with van der Waals surface area (Å²) in [6, 6.07) is 23.8. The van der Waals surface area contributed by atoms with Gasteiger partial charge in [-0.1, -0.05) is 89.8 Å². The standard InChI is InChI=1S/C34H42BrN3O5S/c1-43-32-20-10-9-19-30(32)38(44(2,41)42)22-12-21-33(39)37(25-27-15-11-16-28(35)23-27)31(24-26-13-5-3-6-14-26)34(40)36-29-17-7-4-8-18-29/h3,5-6,9-11,13-16,19-20,23,29,31H,4,7-8,12,17-18,21-22,24-25H2,1-2H3,(H,36,40)/t31-/m0/s1. The van der Waals surface area contributed by atoms with Crippen molar-refractivity contribution >= 4 is 43.5 Å². The van der Waals surface area contributed by atoms with Gasteiger partial charge in [0.15, 0.2) is 0 Å². The lowest BCUT2D eigenvalue weighted by Gasteiger charge is -2.34. The molecular formula is C34H42BrN3O5S. The zero-order valence-corrected chi connectivity index (χ0v) is 27.9. The number of carbonyl (C=O) groups is 2. The maximum atomic E-state index is 14.1. The van der Waals surface area contributed by atoms with Gasteiger partial charge in [0.25, 0.3) is 0 Å². The van der Waals surface area contributed by atoms with Crippen LogP contribution in [0.5, 0.6) is 5.75 Å². The number of methoxy groups -OCH3 is 1. The van der Waals surface area contributed by atoms with Crippen LogP contribution in [0.3, 0.4) is 0 Å². The van der Waals surface area contributed by atoms with E-state index in [2.05, 4.69) is 21.2 Å². The van der Waals surface area contributed by atoms with Crippen molar-refractivity contribution in [2.24, 2.45) is 0 Å². The predicted octanol–water partition coefficient (Wildman–Crippen LogP) is 6.09. The lowest BCUT2D eigenvalue weighted by atomic mass is 9.94. The maximum Gasteiger partial charge on any atom is 0.243 e. The van der Waals surface area contributed by atoms with Crippen molar-refractivity contribution in [1.29, 1.82) is 0 Å². The Kier molecular flexibility index (Phi) is 12.3. The maximum absolute atomic E-state index is 14.1. The fraction of sp³-hybridized carbons (Fsp3) is 0.412. The molecule has 0 aliphatic heterocycles. The summed E-state index contributed by atoms with van der Waals surface area (Å²) in [5, 5.41) is 3.26. The highest BCUT2D eigenvalue weighted by molar-refractivity contribution is 9.10. The van der Waals surface area contributed by atoms with Crippen LogP contribution in [0.25, 0.3) is 0 Å². The number of benzene rings is 3. The number of halogens is 1. The molecule has 0 heterocycles. The average Bonchev–Trinajstić information content (AvgIpc) is 3.01. The summed E-state index contributed by atoms with van der Waals surface area (Å²) in [5.41, 5.74) is 2.27. The van der Waals surface area contributed by atoms with E-state index in [0.717, 1.165) is 47.5 Å². The van der Waals surface area contributed by atoms with E-state index in [4.69, 9.17) is 4.74 Å². The molecule has 3 aromatic carbocycles. The molecule has 0 bridgehead atoms. The van der Waals surface area contributed by atoms with Gasteiger partial charge in [-0.3, -0.25) is 13.9 Å². The van der Waals surface area contributed by atoms with Crippen LogP contribution in [0.15, 0.2) is 83.3 Å². The number of ether oxygens (including phenoxy) is 1. The number of amides is 2. The van der Waals surface area contributed by atoms with Gasteiger partial charge in [-0.05, 0) is 54.7 Å². The normalized spacial score (nSPS) is 14.4. The zero-order chi connectivity index (χ0) is 31.5. The van der Waals surface area contributed by atoms with Crippen molar-refractivity contribution in [3.63, 3.8) is 0 Å². The van der Waals surface area contributed by atoms with Crippen LogP contribution in [-0.4, -0.2) is 57.1 Å². The first-order chi connectivity index (χ1) is 21.2. The summed E-state index contributed by atoms with van der Waals surface area (Å²) in [6.07, 6.45) is 7.06. The van der Waals surface area contributed by atoms with Gasteiger partial charge in [0.1, 0.15) is 11.8 Å². The summed E-state index contributed by atoms with van der Waals surface area (Å²) in [7, 11) is -2.16.